The fraction of sp³-hybridized carbons (Fsp3) is 0.333. The van der Waals surface area contributed by atoms with E-state index in [1.54, 1.807) is 30.2 Å². The van der Waals surface area contributed by atoms with Gasteiger partial charge in [0.1, 0.15) is 5.75 Å². The van der Waals surface area contributed by atoms with Gasteiger partial charge in [0.25, 0.3) is 0 Å². The van der Waals surface area contributed by atoms with Crippen LogP contribution in [0, 0.1) is 0 Å². The Hall–Kier alpha value is -2.04. The minimum Gasteiger partial charge on any atom is -0.494 e. The van der Waals surface area contributed by atoms with Gasteiger partial charge in [0.15, 0.2) is 0 Å². The van der Waals surface area contributed by atoms with Gasteiger partial charge in [0.05, 0.1) is 12.8 Å². The maximum atomic E-state index is 11.7. The lowest BCUT2D eigenvalue weighted by molar-refractivity contribution is -0.117. The van der Waals surface area contributed by atoms with E-state index in [0.717, 1.165) is 18.7 Å². The van der Waals surface area contributed by atoms with Gasteiger partial charge < -0.3 is 15.0 Å². The highest BCUT2D eigenvalue weighted by atomic mass is 16.5. The summed E-state index contributed by atoms with van der Waals surface area (Å²) in [4.78, 5) is 23.7. The lowest BCUT2D eigenvalue weighted by atomic mass is 10.2. The first-order valence-corrected chi connectivity index (χ1v) is 5.45. The van der Waals surface area contributed by atoms with E-state index in [4.69, 9.17) is 4.74 Å². The molecule has 90 valence electrons. The number of carbonyl (C=O) groups is 2. The van der Waals surface area contributed by atoms with Crippen molar-refractivity contribution in [1.82, 2.24) is 0 Å². The molecule has 0 unspecified atom stereocenters. The molecule has 1 aromatic rings. The number of hydrogen-bond donors (Lipinski definition) is 1. The minimum atomic E-state index is 0.111. The number of benzene rings is 1. The average Bonchev–Trinajstić information content (AvgIpc) is 2.76. The first kappa shape index (κ1) is 11.4. The molecule has 0 aliphatic carbocycles. The molecule has 0 spiro atoms. The molecule has 1 saturated heterocycles. The van der Waals surface area contributed by atoms with Gasteiger partial charge in [0, 0.05) is 24.7 Å². The van der Waals surface area contributed by atoms with Crippen LogP contribution in [-0.2, 0) is 9.59 Å². The minimum absolute atomic E-state index is 0.111. The highest BCUT2D eigenvalue weighted by Gasteiger charge is 2.24. The number of nitrogens with one attached hydrogen (secondary N) is 1. The number of methoxy groups -OCH3 is 1. The molecular formula is C12H14N2O3. The molecular weight excluding hydrogens is 220 g/mol. The van der Waals surface area contributed by atoms with E-state index in [1.807, 2.05) is 0 Å². The zero-order chi connectivity index (χ0) is 12.3. The van der Waals surface area contributed by atoms with Crippen molar-refractivity contribution in [3.63, 3.8) is 0 Å². The Morgan fingerprint density at radius 1 is 1.47 bits per heavy atom. The SMILES string of the molecule is COc1cc(NC=O)ccc1N1CCCC1=O. The van der Waals surface area contributed by atoms with E-state index < -0.39 is 0 Å². The summed E-state index contributed by atoms with van der Waals surface area (Å²) in [5.41, 5.74) is 1.40. The van der Waals surface area contributed by atoms with E-state index in [2.05, 4.69) is 5.32 Å². The largest absolute Gasteiger partial charge is 0.494 e. The summed E-state index contributed by atoms with van der Waals surface area (Å²) in [5, 5.41) is 2.55. The summed E-state index contributed by atoms with van der Waals surface area (Å²) in [5.74, 6) is 0.700. The molecule has 5 heteroatoms. The summed E-state index contributed by atoms with van der Waals surface area (Å²) in [6.45, 7) is 0.718. The number of ether oxygens (including phenoxy) is 1. The Balaban J connectivity index is 2.33. The maximum Gasteiger partial charge on any atom is 0.227 e. The highest BCUT2D eigenvalue weighted by Crippen LogP contribution is 2.33. The Morgan fingerprint density at radius 3 is 2.88 bits per heavy atom. The molecule has 2 amide bonds. The van der Waals surface area contributed by atoms with Crippen LogP contribution in [0.25, 0.3) is 0 Å². The lowest BCUT2D eigenvalue weighted by Crippen LogP contribution is -2.24. The first-order chi connectivity index (χ1) is 8.26. The fourth-order valence-corrected chi connectivity index (χ4v) is 1.96. The van der Waals surface area contributed by atoms with E-state index in [1.165, 1.54) is 0 Å². The van der Waals surface area contributed by atoms with Gasteiger partial charge in [-0.25, -0.2) is 0 Å². The molecule has 0 saturated carbocycles. The van der Waals surface area contributed by atoms with Gasteiger partial charge in [-0.05, 0) is 18.6 Å². The van der Waals surface area contributed by atoms with Crippen LogP contribution in [0.2, 0.25) is 0 Å². The van der Waals surface area contributed by atoms with Gasteiger partial charge in [0.2, 0.25) is 12.3 Å². The lowest BCUT2D eigenvalue weighted by Gasteiger charge is -2.19. The Labute approximate surface area is 99.4 Å². The number of anilines is 2. The molecule has 1 fully saturated rings. The van der Waals surface area contributed by atoms with Gasteiger partial charge >= 0.3 is 0 Å². The summed E-state index contributed by atoms with van der Waals surface area (Å²) in [6, 6.07) is 5.24. The Morgan fingerprint density at radius 2 is 2.29 bits per heavy atom. The van der Waals surface area contributed by atoms with Crippen molar-refractivity contribution in [3.05, 3.63) is 18.2 Å². The second kappa shape index (κ2) is 4.86. The topological polar surface area (TPSA) is 58.6 Å². The van der Waals surface area contributed by atoms with Crippen LogP contribution < -0.4 is 15.0 Å². The average molecular weight is 234 g/mol. The van der Waals surface area contributed by atoms with Gasteiger partial charge in [-0.1, -0.05) is 0 Å². The number of rotatable bonds is 4. The Kier molecular flexibility index (Phi) is 3.27. The predicted octanol–water partition coefficient (Wildman–Crippen LogP) is 1.39. The second-order valence-corrected chi connectivity index (χ2v) is 3.80. The molecule has 0 atom stereocenters. The van der Waals surface area contributed by atoms with Crippen LogP contribution in [0.5, 0.6) is 5.75 Å². The van der Waals surface area contributed by atoms with Crippen LogP contribution >= 0.6 is 0 Å². The van der Waals surface area contributed by atoms with Crippen molar-refractivity contribution < 1.29 is 14.3 Å². The van der Waals surface area contributed by atoms with Crippen LogP contribution in [0.3, 0.4) is 0 Å². The summed E-state index contributed by atoms with van der Waals surface area (Å²) in [6.07, 6.45) is 2.06. The molecule has 17 heavy (non-hydrogen) atoms. The van der Waals surface area contributed by atoms with Crippen molar-refractivity contribution in [3.8, 4) is 5.75 Å². The number of amides is 2. The van der Waals surface area contributed by atoms with Crippen LogP contribution in [-0.4, -0.2) is 26.0 Å². The monoisotopic (exact) mass is 234 g/mol. The zero-order valence-corrected chi connectivity index (χ0v) is 9.60. The third-order valence-corrected chi connectivity index (χ3v) is 2.77. The predicted molar refractivity (Wildman–Crippen MR) is 64.3 cm³/mol. The highest BCUT2D eigenvalue weighted by molar-refractivity contribution is 5.97. The Bertz CT molecular complexity index is 445. The molecule has 5 nitrogen and oxygen atoms in total. The second-order valence-electron chi connectivity index (χ2n) is 3.80. The maximum absolute atomic E-state index is 11.7. The van der Waals surface area contributed by atoms with Crippen molar-refractivity contribution >= 4 is 23.7 Å². The fourth-order valence-electron chi connectivity index (χ4n) is 1.96. The molecule has 2 rings (SSSR count). The molecule has 1 heterocycles. The standard InChI is InChI=1S/C12H14N2O3/c1-17-11-7-9(13-8-15)4-5-10(11)14-6-2-3-12(14)16/h4-5,7-8H,2-3,6H2,1H3,(H,13,15). The molecule has 0 radical (unpaired) electrons. The van der Waals surface area contributed by atoms with Gasteiger partial charge in [-0.3, -0.25) is 9.59 Å². The number of nitrogens with zero attached hydrogens (tertiary/aromatic N) is 1. The number of carbonyl (C=O) groups excluding carboxylic acids is 2. The molecule has 0 aromatic heterocycles. The summed E-state index contributed by atoms with van der Waals surface area (Å²) in [7, 11) is 1.55. The van der Waals surface area contributed by atoms with Crippen molar-refractivity contribution in [2.24, 2.45) is 0 Å². The van der Waals surface area contributed by atoms with Crippen LogP contribution in [0.1, 0.15) is 12.8 Å². The first-order valence-electron chi connectivity index (χ1n) is 5.45. The zero-order valence-electron chi connectivity index (χ0n) is 9.60. The third kappa shape index (κ3) is 2.22. The van der Waals surface area contributed by atoms with Gasteiger partial charge in [-0.15, -0.1) is 0 Å². The molecule has 0 bridgehead atoms. The van der Waals surface area contributed by atoms with Crippen molar-refractivity contribution in [1.29, 1.82) is 0 Å². The van der Waals surface area contributed by atoms with Crippen LogP contribution in [0.15, 0.2) is 18.2 Å². The van der Waals surface area contributed by atoms with E-state index >= 15 is 0 Å². The normalized spacial score (nSPS) is 14.9. The summed E-state index contributed by atoms with van der Waals surface area (Å²) < 4.78 is 5.24. The van der Waals surface area contributed by atoms with Crippen LogP contribution in [0.4, 0.5) is 11.4 Å². The van der Waals surface area contributed by atoms with E-state index in [0.29, 0.717) is 24.3 Å². The molecule has 1 aliphatic heterocycles. The van der Waals surface area contributed by atoms with E-state index in [-0.39, 0.29) is 5.91 Å². The summed E-state index contributed by atoms with van der Waals surface area (Å²) >= 11 is 0. The quantitative estimate of drug-likeness (QED) is 0.801. The number of hydrogen-bond acceptors (Lipinski definition) is 3. The van der Waals surface area contributed by atoms with Gasteiger partial charge in [-0.2, -0.15) is 0 Å². The third-order valence-electron chi connectivity index (χ3n) is 2.77. The van der Waals surface area contributed by atoms with Crippen molar-refractivity contribution in [2.45, 2.75) is 12.8 Å². The smallest absolute Gasteiger partial charge is 0.227 e. The molecule has 1 N–H and O–H groups in total. The van der Waals surface area contributed by atoms with E-state index in [9.17, 15) is 9.59 Å². The molecule has 1 aromatic carbocycles. The van der Waals surface area contributed by atoms with Crippen molar-refractivity contribution in [2.75, 3.05) is 23.9 Å². The molecule has 1 aliphatic rings.